The standard InChI is InChI=1S/C12H17N5O.Li.H/c1-2-3-4-11(18)9-6-5-8(13)7-10(9)12-14-16-17-15-12;;/h5-7,11,18H,2-4,13H2,1H3,(H,14,15,16,17);;. The van der Waals surface area contributed by atoms with Crippen molar-refractivity contribution in [1.82, 2.24) is 20.6 Å². The van der Waals surface area contributed by atoms with Crippen LogP contribution >= 0.6 is 0 Å². The molecule has 0 bridgehead atoms. The molecule has 2 rings (SSSR count). The third-order valence-corrected chi connectivity index (χ3v) is 2.87. The topological polar surface area (TPSA) is 101 Å². The Bertz CT molecular complexity index is 503. The number of aliphatic hydroxyl groups excluding tert-OH is 1. The average molecular weight is 255 g/mol. The molecule has 0 amide bonds. The van der Waals surface area contributed by atoms with Gasteiger partial charge in [0.05, 0.1) is 6.10 Å². The van der Waals surface area contributed by atoms with Crippen molar-refractivity contribution in [3.8, 4) is 11.4 Å². The second-order valence-electron chi connectivity index (χ2n) is 4.25. The van der Waals surface area contributed by atoms with Crippen LogP contribution in [0.15, 0.2) is 18.2 Å². The van der Waals surface area contributed by atoms with Gasteiger partial charge in [-0.3, -0.25) is 0 Å². The fourth-order valence-electron chi connectivity index (χ4n) is 1.90. The summed E-state index contributed by atoms with van der Waals surface area (Å²) in [6.45, 7) is 2.09. The number of nitrogens with one attached hydrogen (secondary N) is 1. The van der Waals surface area contributed by atoms with Crippen molar-refractivity contribution < 1.29 is 5.11 Å². The van der Waals surface area contributed by atoms with Crippen molar-refractivity contribution in [2.75, 3.05) is 5.73 Å². The van der Waals surface area contributed by atoms with Crippen LogP contribution in [0.3, 0.4) is 0 Å². The minimum absolute atomic E-state index is 0. The predicted octanol–water partition coefficient (Wildman–Crippen LogP) is 1.02. The van der Waals surface area contributed by atoms with E-state index in [1.165, 1.54) is 0 Å². The van der Waals surface area contributed by atoms with Gasteiger partial charge in [0.1, 0.15) is 0 Å². The summed E-state index contributed by atoms with van der Waals surface area (Å²) in [4.78, 5) is 0. The van der Waals surface area contributed by atoms with E-state index in [1.54, 1.807) is 12.1 Å². The first-order valence-corrected chi connectivity index (χ1v) is 6.04. The number of anilines is 1. The van der Waals surface area contributed by atoms with Gasteiger partial charge in [-0.25, -0.2) is 5.10 Å². The number of aromatic amines is 1. The van der Waals surface area contributed by atoms with Gasteiger partial charge in [-0.1, -0.05) is 25.8 Å². The van der Waals surface area contributed by atoms with E-state index in [9.17, 15) is 5.11 Å². The van der Waals surface area contributed by atoms with Crippen molar-refractivity contribution in [3.05, 3.63) is 23.8 Å². The van der Waals surface area contributed by atoms with Crippen molar-refractivity contribution in [3.63, 3.8) is 0 Å². The molecule has 1 unspecified atom stereocenters. The minimum atomic E-state index is -0.523. The number of unbranched alkanes of at least 4 members (excludes halogenated alkanes) is 1. The Morgan fingerprint density at radius 3 is 2.84 bits per heavy atom. The molecule has 0 saturated heterocycles. The number of nitrogen functional groups attached to an aromatic ring is 1. The zero-order valence-corrected chi connectivity index (χ0v) is 10.3. The molecule has 0 spiro atoms. The molecule has 4 N–H and O–H groups in total. The molecular weight excluding hydrogens is 237 g/mol. The van der Waals surface area contributed by atoms with Crippen LogP contribution in [0.5, 0.6) is 0 Å². The Labute approximate surface area is 124 Å². The van der Waals surface area contributed by atoms with Gasteiger partial charge in [0.15, 0.2) is 5.82 Å². The maximum atomic E-state index is 10.2. The molecule has 1 heterocycles. The van der Waals surface area contributed by atoms with Crippen LogP contribution in [-0.4, -0.2) is 44.6 Å². The summed E-state index contributed by atoms with van der Waals surface area (Å²) < 4.78 is 0. The molecule has 98 valence electrons. The summed E-state index contributed by atoms with van der Waals surface area (Å²) in [6.07, 6.45) is 2.21. The molecule has 1 aromatic carbocycles. The molecule has 19 heavy (non-hydrogen) atoms. The van der Waals surface area contributed by atoms with Crippen molar-refractivity contribution in [2.45, 2.75) is 32.3 Å². The normalized spacial score (nSPS) is 11.9. The Morgan fingerprint density at radius 1 is 1.42 bits per heavy atom. The van der Waals surface area contributed by atoms with Crippen LogP contribution in [0.1, 0.15) is 37.9 Å². The number of aliphatic hydroxyl groups is 1. The monoisotopic (exact) mass is 255 g/mol. The van der Waals surface area contributed by atoms with Crippen LogP contribution in [-0.2, 0) is 0 Å². The van der Waals surface area contributed by atoms with Crippen LogP contribution < -0.4 is 5.73 Å². The first kappa shape index (κ1) is 15.7. The maximum absolute atomic E-state index is 10.2. The quantitative estimate of drug-likeness (QED) is 0.547. The van der Waals surface area contributed by atoms with Crippen LogP contribution in [0.2, 0.25) is 0 Å². The van der Waals surface area contributed by atoms with E-state index in [4.69, 9.17) is 5.73 Å². The van der Waals surface area contributed by atoms with E-state index in [1.807, 2.05) is 6.07 Å². The molecule has 0 saturated carbocycles. The third-order valence-electron chi connectivity index (χ3n) is 2.87. The van der Waals surface area contributed by atoms with E-state index in [0.29, 0.717) is 11.5 Å². The van der Waals surface area contributed by atoms with Crippen LogP contribution in [0, 0.1) is 0 Å². The first-order valence-electron chi connectivity index (χ1n) is 6.04. The Kier molecular flexibility index (Phi) is 6.02. The van der Waals surface area contributed by atoms with Crippen molar-refractivity contribution >= 4 is 24.5 Å². The summed E-state index contributed by atoms with van der Waals surface area (Å²) in [5, 5.41) is 23.9. The van der Waals surface area contributed by atoms with E-state index >= 15 is 0 Å². The predicted molar refractivity (Wildman–Crippen MR) is 75.7 cm³/mol. The zero-order chi connectivity index (χ0) is 13.0. The molecule has 1 aromatic heterocycles. The molecular formula is C12H18LiN5O. The molecule has 2 aromatic rings. The van der Waals surface area contributed by atoms with Gasteiger partial charge in [-0.2, -0.15) is 0 Å². The molecule has 0 aliphatic carbocycles. The summed E-state index contributed by atoms with van der Waals surface area (Å²) in [6, 6.07) is 5.37. The molecule has 0 radical (unpaired) electrons. The number of H-pyrrole nitrogens is 1. The molecule has 0 aliphatic rings. The molecule has 0 fully saturated rings. The van der Waals surface area contributed by atoms with Crippen LogP contribution in [0.25, 0.3) is 11.4 Å². The van der Waals surface area contributed by atoms with Gasteiger partial charge in [-0.05, 0) is 34.5 Å². The average Bonchev–Trinajstić information content (AvgIpc) is 2.89. The molecule has 1 atom stereocenters. The van der Waals surface area contributed by atoms with Gasteiger partial charge < -0.3 is 10.8 Å². The van der Waals surface area contributed by atoms with E-state index in [-0.39, 0.29) is 18.9 Å². The molecule has 0 aliphatic heterocycles. The summed E-state index contributed by atoms with van der Waals surface area (Å²) in [7, 11) is 0. The van der Waals surface area contributed by atoms with E-state index in [2.05, 4.69) is 27.5 Å². The number of nitrogens with two attached hydrogens (primary N) is 1. The number of rotatable bonds is 5. The van der Waals surface area contributed by atoms with Crippen LogP contribution in [0.4, 0.5) is 5.69 Å². The van der Waals surface area contributed by atoms with E-state index < -0.39 is 6.10 Å². The Balaban J connectivity index is 0.00000180. The van der Waals surface area contributed by atoms with Gasteiger partial charge in [0.25, 0.3) is 0 Å². The second kappa shape index (κ2) is 7.29. The zero-order valence-electron chi connectivity index (χ0n) is 10.3. The molecule has 7 heteroatoms. The third kappa shape index (κ3) is 3.80. The number of tetrazole rings is 1. The number of nitrogens with zero attached hydrogens (tertiary/aromatic N) is 3. The molecule has 6 nitrogen and oxygen atoms in total. The SMILES string of the molecule is CCCCC(O)c1ccc(N)cc1-c1nnn[nH]1.[LiH]. The number of aromatic nitrogens is 4. The summed E-state index contributed by atoms with van der Waals surface area (Å²) >= 11 is 0. The van der Waals surface area contributed by atoms with Gasteiger partial charge in [0, 0.05) is 11.3 Å². The van der Waals surface area contributed by atoms with Gasteiger partial charge >= 0.3 is 18.9 Å². The number of benzene rings is 1. The number of hydrogen-bond donors (Lipinski definition) is 3. The van der Waals surface area contributed by atoms with Gasteiger partial charge in [0.2, 0.25) is 0 Å². The first-order chi connectivity index (χ1) is 8.72. The fraction of sp³-hybridized carbons (Fsp3) is 0.417. The van der Waals surface area contributed by atoms with Gasteiger partial charge in [-0.15, -0.1) is 5.10 Å². The van der Waals surface area contributed by atoms with Crippen molar-refractivity contribution in [2.24, 2.45) is 0 Å². The fourth-order valence-corrected chi connectivity index (χ4v) is 1.90. The Morgan fingerprint density at radius 2 is 2.21 bits per heavy atom. The van der Waals surface area contributed by atoms with E-state index in [0.717, 1.165) is 30.4 Å². The number of hydrogen-bond acceptors (Lipinski definition) is 5. The van der Waals surface area contributed by atoms with Crippen molar-refractivity contribution in [1.29, 1.82) is 0 Å². The summed E-state index contributed by atoms with van der Waals surface area (Å²) in [5.41, 5.74) is 7.94. The summed E-state index contributed by atoms with van der Waals surface area (Å²) in [5.74, 6) is 0.521. The second-order valence-corrected chi connectivity index (χ2v) is 4.25. The Hall–Kier alpha value is -1.35.